The van der Waals surface area contributed by atoms with E-state index in [-0.39, 0.29) is 17.2 Å². The first-order valence-electron chi connectivity index (χ1n) is 8.60. The van der Waals surface area contributed by atoms with Crippen molar-refractivity contribution in [1.82, 2.24) is 9.66 Å². The maximum atomic E-state index is 13.0. The van der Waals surface area contributed by atoms with Crippen LogP contribution in [-0.2, 0) is 0 Å². The standard InChI is InChI=1S/C19H19N3O3/c23-18(16-11-6-12-25-16)21-22-17(13-7-2-1-3-8-13)20-15-10-5-4-9-14(15)19(22)24/h4-6,9-13H,1-3,7-8H2,(H,21,23). The fraction of sp³-hybridized carbons (Fsp3) is 0.316. The fourth-order valence-electron chi connectivity index (χ4n) is 3.46. The summed E-state index contributed by atoms with van der Waals surface area (Å²) in [5, 5.41) is 0.488. The smallest absolute Gasteiger partial charge is 0.305 e. The molecule has 0 radical (unpaired) electrons. The number of aromatic nitrogens is 2. The maximum absolute atomic E-state index is 13.0. The molecular formula is C19H19N3O3. The van der Waals surface area contributed by atoms with E-state index in [2.05, 4.69) is 5.43 Å². The van der Waals surface area contributed by atoms with E-state index in [1.807, 2.05) is 12.1 Å². The van der Waals surface area contributed by atoms with Gasteiger partial charge in [0.2, 0.25) is 0 Å². The normalized spacial score (nSPS) is 15.4. The molecule has 0 bridgehead atoms. The third kappa shape index (κ3) is 2.95. The molecule has 25 heavy (non-hydrogen) atoms. The van der Waals surface area contributed by atoms with E-state index in [0.29, 0.717) is 16.7 Å². The number of hydrogen-bond donors (Lipinski definition) is 1. The predicted octanol–water partition coefficient (Wildman–Crippen LogP) is 3.42. The molecule has 1 fully saturated rings. The van der Waals surface area contributed by atoms with Gasteiger partial charge in [0.15, 0.2) is 5.76 Å². The number of benzene rings is 1. The molecule has 1 saturated carbocycles. The molecule has 1 aliphatic carbocycles. The van der Waals surface area contributed by atoms with Gasteiger partial charge in [-0.15, -0.1) is 0 Å². The number of fused-ring (bicyclic) bond motifs is 1. The highest BCUT2D eigenvalue weighted by molar-refractivity contribution is 5.97. The summed E-state index contributed by atoms with van der Waals surface area (Å²) in [5.74, 6) is 0.502. The molecular weight excluding hydrogens is 318 g/mol. The van der Waals surface area contributed by atoms with Gasteiger partial charge in [-0.2, -0.15) is 0 Å². The van der Waals surface area contributed by atoms with E-state index in [0.717, 1.165) is 25.7 Å². The van der Waals surface area contributed by atoms with Crippen LogP contribution in [0.25, 0.3) is 10.9 Å². The van der Waals surface area contributed by atoms with Crippen molar-refractivity contribution in [2.45, 2.75) is 38.0 Å². The lowest BCUT2D eigenvalue weighted by molar-refractivity contribution is 0.0979. The number of amides is 1. The third-order valence-electron chi connectivity index (χ3n) is 4.73. The van der Waals surface area contributed by atoms with Crippen LogP contribution in [0.5, 0.6) is 0 Å². The molecule has 0 saturated heterocycles. The minimum absolute atomic E-state index is 0.162. The molecule has 0 atom stereocenters. The van der Waals surface area contributed by atoms with Crippen molar-refractivity contribution in [1.29, 1.82) is 0 Å². The second-order valence-corrected chi connectivity index (χ2v) is 6.38. The monoisotopic (exact) mass is 337 g/mol. The van der Waals surface area contributed by atoms with Crippen molar-refractivity contribution < 1.29 is 9.21 Å². The van der Waals surface area contributed by atoms with Gasteiger partial charge in [-0.25, -0.2) is 9.66 Å². The van der Waals surface area contributed by atoms with Gasteiger partial charge in [0.1, 0.15) is 5.82 Å². The van der Waals surface area contributed by atoms with Gasteiger partial charge in [-0.3, -0.25) is 15.0 Å². The second kappa shape index (κ2) is 6.55. The Labute approximate surface area is 144 Å². The highest BCUT2D eigenvalue weighted by Crippen LogP contribution is 2.31. The van der Waals surface area contributed by atoms with Crippen LogP contribution in [-0.4, -0.2) is 15.6 Å². The largest absolute Gasteiger partial charge is 0.459 e. The van der Waals surface area contributed by atoms with E-state index in [1.54, 1.807) is 24.3 Å². The van der Waals surface area contributed by atoms with Crippen LogP contribution < -0.4 is 11.0 Å². The Bertz CT molecular complexity index is 954. The second-order valence-electron chi connectivity index (χ2n) is 6.38. The van der Waals surface area contributed by atoms with Crippen LogP contribution in [0.3, 0.4) is 0 Å². The van der Waals surface area contributed by atoms with Gasteiger partial charge in [0, 0.05) is 5.92 Å². The van der Waals surface area contributed by atoms with Crippen molar-refractivity contribution in [3.63, 3.8) is 0 Å². The van der Waals surface area contributed by atoms with Crippen molar-refractivity contribution in [2.24, 2.45) is 0 Å². The van der Waals surface area contributed by atoms with Crippen molar-refractivity contribution in [3.05, 3.63) is 64.6 Å². The predicted molar refractivity (Wildman–Crippen MR) is 94.2 cm³/mol. The summed E-state index contributed by atoms with van der Waals surface area (Å²) < 4.78 is 6.44. The molecule has 4 rings (SSSR count). The zero-order chi connectivity index (χ0) is 17.2. The summed E-state index contributed by atoms with van der Waals surface area (Å²) in [6.07, 6.45) is 6.80. The number of carbonyl (C=O) groups is 1. The Morgan fingerprint density at radius 2 is 1.92 bits per heavy atom. The van der Waals surface area contributed by atoms with E-state index in [9.17, 15) is 9.59 Å². The summed E-state index contributed by atoms with van der Waals surface area (Å²) in [4.78, 5) is 30.1. The summed E-state index contributed by atoms with van der Waals surface area (Å²) in [6, 6.07) is 10.4. The van der Waals surface area contributed by atoms with Gasteiger partial charge in [0.25, 0.3) is 5.56 Å². The van der Waals surface area contributed by atoms with Crippen molar-refractivity contribution >= 4 is 16.8 Å². The Kier molecular flexibility index (Phi) is 4.09. The van der Waals surface area contributed by atoms with Gasteiger partial charge < -0.3 is 4.42 Å². The molecule has 0 aliphatic heterocycles. The average molecular weight is 337 g/mol. The first-order valence-corrected chi connectivity index (χ1v) is 8.60. The highest BCUT2D eigenvalue weighted by Gasteiger charge is 2.24. The van der Waals surface area contributed by atoms with Crippen molar-refractivity contribution in [3.8, 4) is 0 Å². The molecule has 2 heterocycles. The first kappa shape index (κ1) is 15.6. The molecule has 6 heteroatoms. The quantitative estimate of drug-likeness (QED) is 0.794. The van der Waals surface area contributed by atoms with Crippen LogP contribution in [0.2, 0.25) is 0 Å². The van der Waals surface area contributed by atoms with Crippen LogP contribution in [0, 0.1) is 0 Å². The number of rotatable bonds is 3. The van der Waals surface area contributed by atoms with Crippen LogP contribution in [0.1, 0.15) is 54.4 Å². The Balaban J connectivity index is 1.83. The zero-order valence-corrected chi connectivity index (χ0v) is 13.8. The average Bonchev–Trinajstić information content (AvgIpc) is 3.19. The van der Waals surface area contributed by atoms with E-state index < -0.39 is 5.91 Å². The number of carbonyl (C=O) groups excluding carboxylic acids is 1. The van der Waals surface area contributed by atoms with Gasteiger partial charge in [0.05, 0.1) is 17.2 Å². The van der Waals surface area contributed by atoms with Crippen LogP contribution in [0.4, 0.5) is 0 Å². The summed E-state index contributed by atoms with van der Waals surface area (Å²) in [7, 11) is 0. The Morgan fingerprint density at radius 1 is 1.12 bits per heavy atom. The molecule has 6 nitrogen and oxygen atoms in total. The lowest BCUT2D eigenvalue weighted by Gasteiger charge is -2.24. The third-order valence-corrected chi connectivity index (χ3v) is 4.73. The van der Waals surface area contributed by atoms with Crippen molar-refractivity contribution in [2.75, 3.05) is 5.43 Å². The minimum atomic E-state index is -0.457. The van der Waals surface area contributed by atoms with Gasteiger partial charge in [-0.05, 0) is 37.1 Å². The SMILES string of the molecule is O=C(Nn1c(C2CCCCC2)nc2ccccc2c1=O)c1ccco1. The summed E-state index contributed by atoms with van der Waals surface area (Å²) >= 11 is 0. The molecule has 128 valence electrons. The molecule has 1 amide bonds. The number of nitrogens with one attached hydrogen (secondary N) is 1. The highest BCUT2D eigenvalue weighted by atomic mass is 16.3. The Hall–Kier alpha value is -2.89. The molecule has 3 aromatic rings. The van der Waals surface area contributed by atoms with Gasteiger partial charge in [-0.1, -0.05) is 31.4 Å². The summed E-state index contributed by atoms with van der Waals surface area (Å²) in [6.45, 7) is 0. The number of hydrogen-bond acceptors (Lipinski definition) is 4. The molecule has 2 aromatic heterocycles. The molecule has 1 N–H and O–H groups in total. The minimum Gasteiger partial charge on any atom is -0.459 e. The topological polar surface area (TPSA) is 77.1 Å². The lowest BCUT2D eigenvalue weighted by atomic mass is 9.88. The molecule has 0 spiro atoms. The zero-order valence-electron chi connectivity index (χ0n) is 13.8. The van der Waals surface area contributed by atoms with Gasteiger partial charge >= 0.3 is 5.91 Å². The maximum Gasteiger partial charge on any atom is 0.305 e. The number of furan rings is 1. The van der Waals surface area contributed by atoms with Crippen LogP contribution in [0.15, 0.2) is 51.9 Å². The molecule has 1 aromatic carbocycles. The van der Waals surface area contributed by atoms with E-state index >= 15 is 0 Å². The first-order chi connectivity index (χ1) is 12.2. The number of nitrogens with zero attached hydrogens (tertiary/aromatic N) is 2. The lowest BCUT2D eigenvalue weighted by Crippen LogP contribution is -2.37. The van der Waals surface area contributed by atoms with Crippen LogP contribution >= 0.6 is 0 Å². The number of para-hydroxylation sites is 1. The molecule has 0 unspecified atom stereocenters. The van der Waals surface area contributed by atoms with E-state index in [1.165, 1.54) is 17.4 Å². The Morgan fingerprint density at radius 3 is 2.68 bits per heavy atom. The summed E-state index contributed by atoms with van der Waals surface area (Å²) in [5.41, 5.74) is 3.08. The molecule has 1 aliphatic rings. The fourth-order valence-corrected chi connectivity index (χ4v) is 3.46. The van der Waals surface area contributed by atoms with E-state index in [4.69, 9.17) is 9.40 Å².